The van der Waals surface area contributed by atoms with Gasteiger partial charge in [0.05, 0.1) is 22.4 Å². The lowest BCUT2D eigenvalue weighted by Gasteiger charge is -2.14. The Balaban J connectivity index is 1.17. The summed E-state index contributed by atoms with van der Waals surface area (Å²) in [5, 5.41) is 21.8. The minimum absolute atomic E-state index is 0.248. The Bertz CT molecular complexity index is 2540. The molecule has 0 fully saturated rings. The van der Waals surface area contributed by atoms with Crippen LogP contribution >= 0.6 is 0 Å². The summed E-state index contributed by atoms with van der Waals surface area (Å²) < 4.78 is 0. The monoisotopic (exact) mass is 668 g/mol. The second-order valence-electron chi connectivity index (χ2n) is 13.0. The molecule has 0 amide bonds. The van der Waals surface area contributed by atoms with Crippen molar-refractivity contribution in [3.8, 4) is 78.5 Å². The van der Waals surface area contributed by atoms with Gasteiger partial charge in [0, 0.05) is 21.9 Å². The van der Waals surface area contributed by atoms with Crippen LogP contribution in [0.2, 0.25) is 0 Å². The van der Waals surface area contributed by atoms with Gasteiger partial charge in [0.15, 0.2) is 0 Å². The Morgan fingerprint density at radius 3 is 1.10 bits per heavy atom. The predicted octanol–water partition coefficient (Wildman–Crippen LogP) is 12.2. The molecule has 9 aromatic rings. The van der Waals surface area contributed by atoms with Crippen molar-refractivity contribution in [3.05, 3.63) is 182 Å². The highest BCUT2D eigenvalue weighted by Crippen LogP contribution is 2.38. The number of aromatic hydroxyl groups is 2. The number of hydrogen-bond donors (Lipinski definition) is 2. The van der Waals surface area contributed by atoms with Crippen molar-refractivity contribution in [2.24, 2.45) is 0 Å². The lowest BCUT2D eigenvalue weighted by molar-refractivity contribution is 0.475. The summed E-state index contributed by atoms with van der Waals surface area (Å²) in [6, 6.07) is 61.1. The number of phenols is 2. The van der Waals surface area contributed by atoms with E-state index in [9.17, 15) is 10.2 Å². The highest BCUT2D eigenvalue weighted by atomic mass is 16.3. The first-order valence-electron chi connectivity index (χ1n) is 17.3. The molecule has 0 bridgehead atoms. The van der Waals surface area contributed by atoms with Gasteiger partial charge >= 0.3 is 0 Å². The first-order valence-corrected chi connectivity index (χ1v) is 17.3. The van der Waals surface area contributed by atoms with Crippen molar-refractivity contribution in [2.75, 3.05) is 0 Å². The quantitative estimate of drug-likeness (QED) is 0.185. The van der Waals surface area contributed by atoms with Gasteiger partial charge in [0.2, 0.25) is 0 Å². The van der Waals surface area contributed by atoms with E-state index < -0.39 is 0 Å². The first-order chi connectivity index (χ1) is 25.6. The molecule has 9 rings (SSSR count). The van der Waals surface area contributed by atoms with Crippen LogP contribution in [0.25, 0.3) is 88.8 Å². The second-order valence-corrected chi connectivity index (χ2v) is 13.0. The summed E-state index contributed by atoms with van der Waals surface area (Å²) in [5.41, 5.74) is 14.2. The van der Waals surface area contributed by atoms with Gasteiger partial charge in [-0.2, -0.15) is 0 Å². The Labute approximate surface area is 301 Å². The molecule has 2 aromatic heterocycles. The summed E-state index contributed by atoms with van der Waals surface area (Å²) in [6.45, 7) is 0. The number of fused-ring (bicyclic) bond motifs is 2. The number of phenolic OH excluding ortho intramolecular Hbond substituents is 2. The molecule has 0 aliphatic carbocycles. The number of aromatic nitrogens is 2. The van der Waals surface area contributed by atoms with Crippen LogP contribution in [0.5, 0.6) is 11.5 Å². The van der Waals surface area contributed by atoms with Gasteiger partial charge in [-0.05, 0) is 111 Å². The van der Waals surface area contributed by atoms with E-state index in [0.717, 1.165) is 88.8 Å². The van der Waals surface area contributed by atoms with E-state index in [2.05, 4.69) is 121 Å². The molecule has 0 saturated carbocycles. The molecular formula is C48H32N2O2. The zero-order valence-corrected chi connectivity index (χ0v) is 28.1. The van der Waals surface area contributed by atoms with Crippen LogP contribution in [0.4, 0.5) is 0 Å². The van der Waals surface area contributed by atoms with E-state index in [1.54, 1.807) is 24.3 Å². The van der Waals surface area contributed by atoms with E-state index in [0.29, 0.717) is 0 Å². The van der Waals surface area contributed by atoms with Gasteiger partial charge in [-0.1, -0.05) is 115 Å². The Morgan fingerprint density at radius 2 is 0.673 bits per heavy atom. The summed E-state index contributed by atoms with van der Waals surface area (Å²) in [7, 11) is 0. The van der Waals surface area contributed by atoms with Gasteiger partial charge < -0.3 is 10.2 Å². The Kier molecular flexibility index (Phi) is 7.75. The third-order valence-electron chi connectivity index (χ3n) is 9.64. The lowest BCUT2D eigenvalue weighted by atomic mass is 9.94. The van der Waals surface area contributed by atoms with E-state index in [-0.39, 0.29) is 11.5 Å². The average molecular weight is 669 g/mol. The molecule has 0 unspecified atom stereocenters. The molecule has 0 saturated heterocycles. The minimum atomic E-state index is 0.248. The lowest BCUT2D eigenvalue weighted by Crippen LogP contribution is -1.93. The maximum atomic E-state index is 9.85. The zero-order valence-electron chi connectivity index (χ0n) is 28.1. The fourth-order valence-electron chi connectivity index (χ4n) is 6.97. The van der Waals surface area contributed by atoms with Crippen LogP contribution in [0.3, 0.4) is 0 Å². The standard InChI is InChI=1S/C48H32N2O2/c51-39-20-14-31(15-21-39)35-18-24-45-43(27-35)41(33-8-3-1-4-9-33)29-47(49-45)37-12-7-13-38(26-37)48-30-42(34-10-5-2-6-11-34)44-28-36(19-25-46(44)50-48)32-16-22-40(52)23-17-32/h1-30,51-52H. The van der Waals surface area contributed by atoms with Crippen molar-refractivity contribution < 1.29 is 10.2 Å². The smallest absolute Gasteiger partial charge is 0.115 e. The van der Waals surface area contributed by atoms with Crippen LogP contribution in [-0.4, -0.2) is 20.2 Å². The van der Waals surface area contributed by atoms with Gasteiger partial charge in [-0.3, -0.25) is 0 Å². The van der Waals surface area contributed by atoms with Crippen molar-refractivity contribution in [2.45, 2.75) is 0 Å². The van der Waals surface area contributed by atoms with Crippen LogP contribution in [-0.2, 0) is 0 Å². The van der Waals surface area contributed by atoms with Crippen LogP contribution < -0.4 is 0 Å². The van der Waals surface area contributed by atoms with Crippen molar-refractivity contribution in [1.82, 2.24) is 9.97 Å². The van der Waals surface area contributed by atoms with Crippen LogP contribution in [0, 0.1) is 0 Å². The number of nitrogens with zero attached hydrogens (tertiary/aromatic N) is 2. The highest BCUT2D eigenvalue weighted by Gasteiger charge is 2.15. The normalized spacial score (nSPS) is 11.2. The molecule has 0 atom stereocenters. The molecule has 0 aliphatic rings. The number of rotatable bonds is 6. The van der Waals surface area contributed by atoms with E-state index in [1.807, 2.05) is 36.4 Å². The van der Waals surface area contributed by atoms with Crippen molar-refractivity contribution >= 4 is 21.8 Å². The average Bonchev–Trinajstić information content (AvgIpc) is 3.21. The third kappa shape index (κ3) is 5.93. The number of benzene rings is 7. The maximum absolute atomic E-state index is 9.85. The second kappa shape index (κ2) is 13.0. The molecule has 0 radical (unpaired) electrons. The molecule has 52 heavy (non-hydrogen) atoms. The highest BCUT2D eigenvalue weighted by molar-refractivity contribution is 6.00. The molecular weight excluding hydrogens is 637 g/mol. The summed E-state index contributed by atoms with van der Waals surface area (Å²) >= 11 is 0. The van der Waals surface area contributed by atoms with E-state index >= 15 is 0 Å². The molecule has 2 heterocycles. The molecule has 0 aliphatic heterocycles. The topological polar surface area (TPSA) is 66.2 Å². The van der Waals surface area contributed by atoms with Crippen molar-refractivity contribution in [1.29, 1.82) is 0 Å². The van der Waals surface area contributed by atoms with Gasteiger partial charge in [0.1, 0.15) is 11.5 Å². The van der Waals surface area contributed by atoms with Gasteiger partial charge in [-0.25, -0.2) is 9.97 Å². The minimum Gasteiger partial charge on any atom is -0.508 e. The summed E-state index contributed by atoms with van der Waals surface area (Å²) in [4.78, 5) is 10.4. The molecule has 2 N–H and O–H groups in total. The zero-order chi connectivity index (χ0) is 35.0. The maximum Gasteiger partial charge on any atom is 0.115 e. The predicted molar refractivity (Wildman–Crippen MR) is 213 cm³/mol. The Morgan fingerprint density at radius 1 is 0.288 bits per heavy atom. The molecule has 246 valence electrons. The van der Waals surface area contributed by atoms with E-state index in [4.69, 9.17) is 9.97 Å². The number of hydrogen-bond acceptors (Lipinski definition) is 4. The fourth-order valence-corrected chi connectivity index (χ4v) is 6.97. The molecule has 0 spiro atoms. The molecule has 7 aromatic carbocycles. The van der Waals surface area contributed by atoms with Crippen LogP contribution in [0.15, 0.2) is 182 Å². The Hall–Kier alpha value is -7.04. The first kappa shape index (κ1) is 31.0. The fraction of sp³-hybridized carbons (Fsp3) is 0. The SMILES string of the molecule is Oc1ccc(-c2ccc3nc(-c4cccc(-c5cc(-c6ccccc6)c6cc(-c7ccc(O)cc7)ccc6n5)c4)cc(-c4ccccc4)c3c2)cc1. The summed E-state index contributed by atoms with van der Waals surface area (Å²) in [5.74, 6) is 0.496. The van der Waals surface area contributed by atoms with Crippen molar-refractivity contribution in [3.63, 3.8) is 0 Å². The number of pyridine rings is 2. The molecule has 4 nitrogen and oxygen atoms in total. The van der Waals surface area contributed by atoms with Gasteiger partial charge in [0.25, 0.3) is 0 Å². The summed E-state index contributed by atoms with van der Waals surface area (Å²) in [6.07, 6.45) is 0. The van der Waals surface area contributed by atoms with Gasteiger partial charge in [-0.15, -0.1) is 0 Å². The largest absolute Gasteiger partial charge is 0.508 e. The van der Waals surface area contributed by atoms with E-state index in [1.165, 1.54) is 0 Å². The van der Waals surface area contributed by atoms with Crippen LogP contribution in [0.1, 0.15) is 0 Å². The molecule has 4 heteroatoms. The third-order valence-corrected chi connectivity index (χ3v) is 9.64.